The lowest BCUT2D eigenvalue weighted by Crippen LogP contribution is -1.96. The van der Waals surface area contributed by atoms with Crippen LogP contribution in [0.4, 0.5) is 4.39 Å². The minimum absolute atomic E-state index is 0.177. The monoisotopic (exact) mass is 280 g/mol. The van der Waals surface area contributed by atoms with E-state index in [9.17, 15) is 12.8 Å². The van der Waals surface area contributed by atoms with Crippen LogP contribution < -0.4 is 4.74 Å². The Morgan fingerprint density at radius 3 is 2.05 bits per heavy atom. The van der Waals surface area contributed by atoms with E-state index in [4.69, 9.17) is 4.74 Å². The Hall–Kier alpha value is -1.88. The molecule has 0 atom stereocenters. The zero-order chi connectivity index (χ0) is 14.0. The molecule has 100 valence electrons. The van der Waals surface area contributed by atoms with Gasteiger partial charge in [-0.3, -0.25) is 0 Å². The second kappa shape index (κ2) is 5.01. The molecule has 0 amide bonds. The van der Waals surface area contributed by atoms with Crippen molar-refractivity contribution in [2.24, 2.45) is 0 Å². The zero-order valence-electron chi connectivity index (χ0n) is 10.6. The van der Waals surface area contributed by atoms with Gasteiger partial charge in [-0.05, 0) is 35.4 Å². The lowest BCUT2D eigenvalue weighted by molar-refractivity contribution is 0.386. The van der Waals surface area contributed by atoms with E-state index in [-0.39, 0.29) is 10.6 Å². The topological polar surface area (TPSA) is 43.4 Å². The second-order valence-electron chi connectivity index (χ2n) is 4.15. The fourth-order valence-corrected chi connectivity index (χ4v) is 2.37. The van der Waals surface area contributed by atoms with Crippen LogP contribution in [0.3, 0.4) is 0 Å². The van der Waals surface area contributed by atoms with Gasteiger partial charge < -0.3 is 4.74 Å². The molecular formula is C14H13FO3S. The van der Waals surface area contributed by atoms with Crippen LogP contribution in [0.15, 0.2) is 47.4 Å². The number of methoxy groups -OCH3 is 1. The quantitative estimate of drug-likeness (QED) is 0.868. The molecule has 0 aromatic heterocycles. The molecule has 0 saturated heterocycles. The SMILES string of the molecule is COc1ccc(-c2ccc(S(C)(=O)=O)cc2)cc1F. The van der Waals surface area contributed by atoms with Gasteiger partial charge in [-0.1, -0.05) is 18.2 Å². The zero-order valence-corrected chi connectivity index (χ0v) is 11.4. The maximum atomic E-state index is 13.6. The molecule has 0 radical (unpaired) electrons. The molecule has 0 unspecified atom stereocenters. The fourth-order valence-electron chi connectivity index (χ4n) is 1.74. The number of hydrogen-bond acceptors (Lipinski definition) is 3. The Kier molecular flexibility index (Phi) is 3.57. The number of sulfone groups is 1. The summed E-state index contributed by atoms with van der Waals surface area (Å²) in [5.74, 6) is -0.274. The van der Waals surface area contributed by atoms with Gasteiger partial charge in [-0.25, -0.2) is 12.8 Å². The van der Waals surface area contributed by atoms with Crippen molar-refractivity contribution < 1.29 is 17.5 Å². The van der Waals surface area contributed by atoms with E-state index >= 15 is 0 Å². The highest BCUT2D eigenvalue weighted by Gasteiger charge is 2.08. The van der Waals surface area contributed by atoms with E-state index in [2.05, 4.69) is 0 Å². The van der Waals surface area contributed by atoms with Crippen molar-refractivity contribution in [3.05, 3.63) is 48.3 Å². The summed E-state index contributed by atoms with van der Waals surface area (Å²) in [7, 11) is -1.81. The molecule has 19 heavy (non-hydrogen) atoms. The number of halogens is 1. The molecular weight excluding hydrogens is 267 g/mol. The fraction of sp³-hybridized carbons (Fsp3) is 0.143. The molecule has 2 aromatic rings. The third-order valence-corrected chi connectivity index (χ3v) is 3.90. The summed E-state index contributed by atoms with van der Waals surface area (Å²) in [6, 6.07) is 10.9. The van der Waals surface area contributed by atoms with Crippen molar-refractivity contribution in [1.82, 2.24) is 0 Å². The standard InChI is InChI=1S/C14H13FO3S/c1-18-14-8-5-11(9-13(14)15)10-3-6-12(7-4-10)19(2,16)17/h3-9H,1-2H3. The third kappa shape index (κ3) is 2.93. The van der Waals surface area contributed by atoms with Gasteiger partial charge in [-0.2, -0.15) is 0 Å². The van der Waals surface area contributed by atoms with Crippen LogP contribution in [-0.4, -0.2) is 21.8 Å². The van der Waals surface area contributed by atoms with E-state index in [1.165, 1.54) is 31.4 Å². The summed E-state index contributed by atoms with van der Waals surface area (Å²) in [5.41, 5.74) is 1.41. The molecule has 0 bridgehead atoms. The second-order valence-corrected chi connectivity index (χ2v) is 6.16. The maximum absolute atomic E-state index is 13.6. The molecule has 2 aromatic carbocycles. The Morgan fingerprint density at radius 1 is 1.00 bits per heavy atom. The van der Waals surface area contributed by atoms with E-state index in [0.29, 0.717) is 5.56 Å². The van der Waals surface area contributed by atoms with Crippen LogP contribution in [0, 0.1) is 5.82 Å². The van der Waals surface area contributed by atoms with Gasteiger partial charge in [0.25, 0.3) is 0 Å². The minimum Gasteiger partial charge on any atom is -0.494 e. The number of benzene rings is 2. The first-order chi connectivity index (χ1) is 8.91. The molecule has 2 rings (SSSR count). The third-order valence-electron chi connectivity index (χ3n) is 2.77. The first kappa shape index (κ1) is 13.5. The summed E-state index contributed by atoms with van der Waals surface area (Å²) in [6.45, 7) is 0. The molecule has 0 aliphatic carbocycles. The summed E-state index contributed by atoms with van der Waals surface area (Å²) >= 11 is 0. The van der Waals surface area contributed by atoms with Gasteiger partial charge in [0, 0.05) is 6.26 Å². The maximum Gasteiger partial charge on any atom is 0.175 e. The van der Waals surface area contributed by atoms with Gasteiger partial charge in [0.1, 0.15) is 0 Å². The van der Waals surface area contributed by atoms with E-state index in [1.807, 2.05) is 0 Å². The van der Waals surface area contributed by atoms with E-state index < -0.39 is 15.7 Å². The number of rotatable bonds is 3. The summed E-state index contributed by atoms with van der Waals surface area (Å²) in [6.07, 6.45) is 1.15. The average molecular weight is 280 g/mol. The lowest BCUT2D eigenvalue weighted by Gasteiger charge is -2.06. The van der Waals surface area contributed by atoms with Crippen LogP contribution in [0.5, 0.6) is 5.75 Å². The van der Waals surface area contributed by atoms with Crippen molar-refractivity contribution >= 4 is 9.84 Å². The first-order valence-electron chi connectivity index (χ1n) is 5.56. The molecule has 0 fully saturated rings. The van der Waals surface area contributed by atoms with Gasteiger partial charge >= 0.3 is 0 Å². The van der Waals surface area contributed by atoms with Gasteiger partial charge in [-0.15, -0.1) is 0 Å². The van der Waals surface area contributed by atoms with Crippen LogP contribution in [-0.2, 0) is 9.84 Å². The molecule has 0 saturated carbocycles. The Balaban J connectivity index is 2.40. The number of hydrogen-bond donors (Lipinski definition) is 0. The van der Waals surface area contributed by atoms with Crippen molar-refractivity contribution in [1.29, 1.82) is 0 Å². The van der Waals surface area contributed by atoms with E-state index in [1.54, 1.807) is 18.2 Å². The normalized spacial score (nSPS) is 11.3. The van der Waals surface area contributed by atoms with Crippen molar-refractivity contribution in [3.8, 4) is 16.9 Å². The van der Waals surface area contributed by atoms with Crippen molar-refractivity contribution in [2.75, 3.05) is 13.4 Å². The van der Waals surface area contributed by atoms with Gasteiger partial charge in [0.15, 0.2) is 21.4 Å². The van der Waals surface area contributed by atoms with Gasteiger partial charge in [0.2, 0.25) is 0 Å². The molecule has 0 N–H and O–H groups in total. The summed E-state index contributed by atoms with van der Waals surface area (Å²) < 4.78 is 41.1. The lowest BCUT2D eigenvalue weighted by atomic mass is 10.1. The Labute approximate surface area is 111 Å². The number of ether oxygens (including phenoxy) is 1. The van der Waals surface area contributed by atoms with Crippen LogP contribution in [0.25, 0.3) is 11.1 Å². The molecule has 0 aliphatic heterocycles. The van der Waals surface area contributed by atoms with Crippen LogP contribution in [0.1, 0.15) is 0 Å². The predicted octanol–water partition coefficient (Wildman–Crippen LogP) is 2.90. The molecule has 0 aliphatic rings. The van der Waals surface area contributed by atoms with Crippen LogP contribution in [0.2, 0.25) is 0 Å². The van der Waals surface area contributed by atoms with Crippen LogP contribution >= 0.6 is 0 Å². The van der Waals surface area contributed by atoms with Gasteiger partial charge in [0.05, 0.1) is 12.0 Å². The molecule has 3 nitrogen and oxygen atoms in total. The Bertz CT molecular complexity index is 691. The highest BCUT2D eigenvalue weighted by atomic mass is 32.2. The predicted molar refractivity (Wildman–Crippen MR) is 71.5 cm³/mol. The van der Waals surface area contributed by atoms with E-state index in [0.717, 1.165) is 11.8 Å². The van der Waals surface area contributed by atoms with Crippen molar-refractivity contribution in [2.45, 2.75) is 4.90 Å². The summed E-state index contributed by atoms with van der Waals surface area (Å²) in [4.78, 5) is 0.241. The van der Waals surface area contributed by atoms with Crippen molar-refractivity contribution in [3.63, 3.8) is 0 Å². The minimum atomic E-state index is -3.21. The first-order valence-corrected chi connectivity index (χ1v) is 7.45. The molecule has 5 heteroatoms. The smallest absolute Gasteiger partial charge is 0.175 e. The average Bonchev–Trinajstić information content (AvgIpc) is 2.38. The highest BCUT2D eigenvalue weighted by molar-refractivity contribution is 7.90. The summed E-state index contributed by atoms with van der Waals surface area (Å²) in [5, 5.41) is 0. The molecule has 0 spiro atoms. The Morgan fingerprint density at radius 2 is 1.58 bits per heavy atom. The largest absolute Gasteiger partial charge is 0.494 e. The molecule has 0 heterocycles. The highest BCUT2D eigenvalue weighted by Crippen LogP contribution is 2.26.